The maximum Gasteiger partial charge on any atom is 0.253 e. The third-order valence-corrected chi connectivity index (χ3v) is 6.01. The number of benzene rings is 1. The Morgan fingerprint density at radius 2 is 1.93 bits per heavy atom. The Labute approximate surface area is 164 Å². The Morgan fingerprint density at radius 3 is 2.54 bits per heavy atom. The van der Waals surface area contributed by atoms with Crippen molar-refractivity contribution in [2.24, 2.45) is 5.73 Å². The van der Waals surface area contributed by atoms with E-state index in [1.54, 1.807) is 7.11 Å². The fourth-order valence-electron chi connectivity index (χ4n) is 3.90. The summed E-state index contributed by atoms with van der Waals surface area (Å²) in [7, 11) is 3.76. The van der Waals surface area contributed by atoms with Crippen LogP contribution in [0.25, 0.3) is 11.4 Å². The molecule has 0 unspecified atom stereocenters. The minimum atomic E-state index is -0.259. The van der Waals surface area contributed by atoms with Crippen LogP contribution >= 0.6 is 0 Å². The number of nitrogens with zero attached hydrogens (tertiary/aromatic N) is 4. The van der Waals surface area contributed by atoms with Crippen LogP contribution in [0.15, 0.2) is 28.8 Å². The van der Waals surface area contributed by atoms with Gasteiger partial charge in [-0.1, -0.05) is 17.3 Å². The van der Waals surface area contributed by atoms with Gasteiger partial charge in [0.25, 0.3) is 5.91 Å². The minimum absolute atomic E-state index is 0.0700. The molecule has 28 heavy (non-hydrogen) atoms. The van der Waals surface area contributed by atoms with E-state index in [9.17, 15) is 4.79 Å². The van der Waals surface area contributed by atoms with Crippen LogP contribution < -0.4 is 5.73 Å². The number of likely N-dealkylation sites (N-methyl/N-ethyl adjacent to an activating group) is 1. The van der Waals surface area contributed by atoms with Crippen molar-refractivity contribution in [3.63, 3.8) is 0 Å². The van der Waals surface area contributed by atoms with Crippen molar-refractivity contribution in [3.05, 3.63) is 35.7 Å². The van der Waals surface area contributed by atoms with Crippen molar-refractivity contribution in [1.29, 1.82) is 0 Å². The lowest BCUT2D eigenvalue weighted by Gasteiger charge is -2.44. The number of amides is 1. The van der Waals surface area contributed by atoms with Gasteiger partial charge < -0.3 is 24.8 Å². The van der Waals surface area contributed by atoms with Gasteiger partial charge in [-0.15, -0.1) is 0 Å². The first-order valence-corrected chi connectivity index (χ1v) is 9.71. The molecule has 1 aromatic heterocycles. The monoisotopic (exact) mass is 385 g/mol. The predicted molar refractivity (Wildman–Crippen MR) is 104 cm³/mol. The summed E-state index contributed by atoms with van der Waals surface area (Å²) in [6.07, 6.45) is 1.58. The molecule has 0 spiro atoms. The number of rotatable bonds is 5. The van der Waals surface area contributed by atoms with Crippen LogP contribution in [-0.4, -0.2) is 78.3 Å². The Balaban J connectivity index is 1.41. The molecule has 1 saturated heterocycles. The number of ether oxygens (including phenoxy) is 1. The van der Waals surface area contributed by atoms with Crippen LogP contribution in [0.1, 0.15) is 35.0 Å². The summed E-state index contributed by atoms with van der Waals surface area (Å²) < 4.78 is 11.0. The number of piperazine rings is 1. The fourth-order valence-corrected chi connectivity index (χ4v) is 3.90. The van der Waals surface area contributed by atoms with Gasteiger partial charge in [0, 0.05) is 56.9 Å². The number of hydrogen-bond acceptors (Lipinski definition) is 7. The second-order valence-corrected chi connectivity index (χ2v) is 7.83. The zero-order valence-electron chi connectivity index (χ0n) is 16.4. The molecule has 0 atom stereocenters. The summed E-state index contributed by atoms with van der Waals surface area (Å²) in [5.41, 5.74) is 7.05. The molecule has 2 N–H and O–H groups in total. The molecular formula is C20H27N5O3. The second kappa shape index (κ2) is 7.62. The molecule has 2 heterocycles. The fraction of sp³-hybridized carbons (Fsp3) is 0.550. The van der Waals surface area contributed by atoms with Crippen molar-refractivity contribution in [1.82, 2.24) is 19.9 Å². The van der Waals surface area contributed by atoms with Gasteiger partial charge in [0.2, 0.25) is 11.7 Å². The van der Waals surface area contributed by atoms with Crippen molar-refractivity contribution in [3.8, 4) is 11.4 Å². The number of aromatic nitrogens is 2. The second-order valence-electron chi connectivity index (χ2n) is 7.83. The van der Waals surface area contributed by atoms with Crippen LogP contribution in [0, 0.1) is 0 Å². The Bertz CT molecular complexity index is 815. The normalized spacial score (nSPS) is 25.5. The number of nitrogens with two attached hydrogens (primary N) is 1. The summed E-state index contributed by atoms with van der Waals surface area (Å²) in [4.78, 5) is 21.3. The third-order valence-electron chi connectivity index (χ3n) is 6.01. The van der Waals surface area contributed by atoms with E-state index in [-0.39, 0.29) is 17.4 Å². The molecule has 0 radical (unpaired) electrons. The number of hydrogen-bond donors (Lipinski definition) is 1. The molecular weight excluding hydrogens is 358 g/mol. The molecule has 1 aliphatic heterocycles. The van der Waals surface area contributed by atoms with Gasteiger partial charge in [-0.25, -0.2) is 0 Å². The van der Waals surface area contributed by atoms with E-state index in [1.165, 1.54) is 0 Å². The minimum Gasteiger partial charge on any atom is -0.377 e. The van der Waals surface area contributed by atoms with Gasteiger partial charge in [-0.05, 0) is 32.0 Å². The standard InChI is InChI=1S/C20H27N5O3/c1-24-7-9-25(10-8-24)19(26)15-5-3-14(4-6-15)17-22-18(28-23-17)16-11-20(12-16,13-21)27-2/h3-6,16H,7-13,21H2,1-2H3. The molecule has 150 valence electrons. The Hall–Kier alpha value is -2.29. The van der Waals surface area contributed by atoms with Crippen molar-refractivity contribution >= 4 is 5.91 Å². The van der Waals surface area contributed by atoms with E-state index in [2.05, 4.69) is 22.1 Å². The lowest BCUT2D eigenvalue weighted by atomic mass is 9.70. The van der Waals surface area contributed by atoms with Gasteiger partial charge >= 0.3 is 0 Å². The van der Waals surface area contributed by atoms with Crippen LogP contribution in [0.3, 0.4) is 0 Å². The summed E-state index contributed by atoms with van der Waals surface area (Å²) >= 11 is 0. The highest BCUT2D eigenvalue weighted by molar-refractivity contribution is 5.94. The summed E-state index contributed by atoms with van der Waals surface area (Å²) in [6.45, 7) is 3.83. The van der Waals surface area contributed by atoms with Crippen LogP contribution in [-0.2, 0) is 4.74 Å². The molecule has 2 fully saturated rings. The third kappa shape index (κ3) is 3.55. The Kier molecular flexibility index (Phi) is 5.18. The molecule has 2 aliphatic rings. The molecule has 1 saturated carbocycles. The molecule has 8 nitrogen and oxygen atoms in total. The topological polar surface area (TPSA) is 97.7 Å². The highest BCUT2D eigenvalue weighted by Gasteiger charge is 2.46. The van der Waals surface area contributed by atoms with Gasteiger partial charge in [-0.2, -0.15) is 4.98 Å². The molecule has 8 heteroatoms. The molecule has 4 rings (SSSR count). The summed E-state index contributed by atoms with van der Waals surface area (Å²) in [6, 6.07) is 7.41. The van der Waals surface area contributed by atoms with Gasteiger partial charge in [0.05, 0.1) is 5.60 Å². The maximum absolute atomic E-state index is 12.6. The molecule has 2 aromatic rings. The van der Waals surface area contributed by atoms with Gasteiger partial charge in [0.1, 0.15) is 0 Å². The molecule has 1 amide bonds. The lowest BCUT2D eigenvalue weighted by Crippen LogP contribution is -2.50. The van der Waals surface area contributed by atoms with Crippen LogP contribution in [0.2, 0.25) is 0 Å². The van der Waals surface area contributed by atoms with Crippen LogP contribution in [0.5, 0.6) is 0 Å². The van der Waals surface area contributed by atoms with Crippen molar-refractivity contribution in [2.45, 2.75) is 24.4 Å². The predicted octanol–water partition coefficient (Wildman–Crippen LogP) is 1.35. The molecule has 1 aliphatic carbocycles. The van der Waals surface area contributed by atoms with E-state index in [0.717, 1.165) is 44.6 Å². The van der Waals surface area contributed by atoms with Gasteiger partial charge in [-0.3, -0.25) is 4.79 Å². The summed E-state index contributed by atoms with van der Waals surface area (Å²) in [5.74, 6) is 1.41. The molecule has 1 aromatic carbocycles. The number of methoxy groups -OCH3 is 1. The lowest BCUT2D eigenvalue weighted by molar-refractivity contribution is -0.0818. The smallest absolute Gasteiger partial charge is 0.253 e. The molecule has 0 bridgehead atoms. The first-order valence-electron chi connectivity index (χ1n) is 9.71. The first kappa shape index (κ1) is 19.0. The zero-order chi connectivity index (χ0) is 19.7. The maximum atomic E-state index is 12.6. The van der Waals surface area contributed by atoms with E-state index in [4.69, 9.17) is 15.0 Å². The van der Waals surface area contributed by atoms with Crippen molar-refractivity contribution < 1.29 is 14.1 Å². The average molecular weight is 385 g/mol. The zero-order valence-corrected chi connectivity index (χ0v) is 16.4. The highest BCUT2D eigenvalue weighted by atomic mass is 16.5. The summed E-state index contributed by atoms with van der Waals surface area (Å²) in [5, 5.41) is 4.10. The highest BCUT2D eigenvalue weighted by Crippen LogP contribution is 2.45. The van der Waals surface area contributed by atoms with E-state index >= 15 is 0 Å². The first-order chi connectivity index (χ1) is 13.5. The number of carbonyl (C=O) groups excluding carboxylic acids is 1. The largest absolute Gasteiger partial charge is 0.377 e. The van der Waals surface area contributed by atoms with E-state index in [1.807, 2.05) is 29.2 Å². The van der Waals surface area contributed by atoms with E-state index in [0.29, 0.717) is 23.8 Å². The number of carbonyl (C=O) groups is 1. The quantitative estimate of drug-likeness (QED) is 0.829. The average Bonchev–Trinajstić information content (AvgIpc) is 3.18. The van der Waals surface area contributed by atoms with E-state index < -0.39 is 0 Å². The van der Waals surface area contributed by atoms with Crippen LogP contribution in [0.4, 0.5) is 0 Å². The van der Waals surface area contributed by atoms with Crippen molar-refractivity contribution in [2.75, 3.05) is 46.9 Å². The Morgan fingerprint density at radius 1 is 1.25 bits per heavy atom. The van der Waals surface area contributed by atoms with Gasteiger partial charge in [0.15, 0.2) is 0 Å². The SMILES string of the molecule is COC1(CN)CC(c2nc(-c3ccc(C(=O)N4CCN(C)CC4)cc3)no2)C1.